The van der Waals surface area contributed by atoms with Crippen molar-refractivity contribution in [3.63, 3.8) is 0 Å². The molecule has 21 heavy (non-hydrogen) atoms. The number of benzene rings is 1. The lowest BCUT2D eigenvalue weighted by molar-refractivity contribution is -0.127. The lowest BCUT2D eigenvalue weighted by Gasteiger charge is -2.17. The maximum absolute atomic E-state index is 11.9. The first-order valence-corrected chi connectivity index (χ1v) is 7.43. The van der Waals surface area contributed by atoms with Crippen molar-refractivity contribution < 1.29 is 14.3 Å². The molecule has 1 aromatic carbocycles. The highest BCUT2D eigenvalue weighted by Gasteiger charge is 2.15. The van der Waals surface area contributed by atoms with Gasteiger partial charge in [-0.2, -0.15) is 0 Å². The van der Waals surface area contributed by atoms with E-state index in [9.17, 15) is 4.79 Å². The molecular weight excluding hydrogens is 268 g/mol. The summed E-state index contributed by atoms with van der Waals surface area (Å²) < 4.78 is 10.9. The Labute approximate surface area is 126 Å². The van der Waals surface area contributed by atoms with E-state index in [2.05, 4.69) is 12.2 Å². The summed E-state index contributed by atoms with van der Waals surface area (Å²) in [5.41, 5.74) is 6.52. The molecule has 0 saturated heterocycles. The van der Waals surface area contributed by atoms with Crippen molar-refractivity contribution in [1.82, 2.24) is 5.32 Å². The number of amides is 1. The van der Waals surface area contributed by atoms with E-state index >= 15 is 0 Å². The molecule has 1 amide bonds. The zero-order chi connectivity index (χ0) is 15.7. The van der Waals surface area contributed by atoms with Crippen LogP contribution in [0.4, 0.5) is 0 Å². The molecule has 5 nitrogen and oxygen atoms in total. The number of nitrogens with two attached hydrogens (primary N) is 1. The van der Waals surface area contributed by atoms with E-state index in [-0.39, 0.29) is 5.91 Å². The summed E-state index contributed by atoms with van der Waals surface area (Å²) in [6.45, 7) is 4.88. The second-order valence-electron chi connectivity index (χ2n) is 4.94. The number of hydrogen-bond donors (Lipinski definition) is 2. The molecule has 0 aromatic heterocycles. The number of methoxy groups -OCH3 is 1. The number of nitrogens with one attached hydrogen (secondary N) is 1. The van der Waals surface area contributed by atoms with Gasteiger partial charge in [-0.25, -0.2) is 0 Å². The minimum atomic E-state index is -0.551. The number of unbranched alkanes of at least 4 members (excludes halogenated alkanes) is 2. The van der Waals surface area contributed by atoms with Gasteiger partial charge < -0.3 is 20.5 Å². The number of hydrogen-bond acceptors (Lipinski definition) is 4. The average Bonchev–Trinajstić information content (AvgIpc) is 2.51. The summed E-state index contributed by atoms with van der Waals surface area (Å²) in [5, 5.41) is 2.88. The maximum Gasteiger partial charge on any atom is 0.260 e. The minimum absolute atomic E-state index is 0.107. The molecule has 1 rings (SSSR count). The fraction of sp³-hybridized carbons (Fsp3) is 0.562. The molecule has 0 aliphatic carbocycles. The third kappa shape index (κ3) is 5.63. The molecule has 0 heterocycles. The van der Waals surface area contributed by atoms with Gasteiger partial charge in [-0.05, 0) is 31.5 Å². The third-order valence-corrected chi connectivity index (χ3v) is 3.24. The van der Waals surface area contributed by atoms with Crippen molar-refractivity contribution in [1.29, 1.82) is 0 Å². The fourth-order valence-electron chi connectivity index (χ4n) is 1.93. The molecular formula is C16H26N2O3. The molecule has 3 N–H and O–H groups in total. The van der Waals surface area contributed by atoms with Crippen molar-refractivity contribution >= 4 is 5.91 Å². The summed E-state index contributed by atoms with van der Waals surface area (Å²) >= 11 is 0. The van der Waals surface area contributed by atoms with Crippen LogP contribution in [-0.2, 0) is 11.3 Å². The normalized spacial score (nSPS) is 11.8. The third-order valence-electron chi connectivity index (χ3n) is 3.24. The summed E-state index contributed by atoms with van der Waals surface area (Å²) in [6, 6.07) is 5.39. The average molecular weight is 294 g/mol. The molecule has 0 fully saturated rings. The van der Waals surface area contributed by atoms with Crippen LogP contribution in [0.5, 0.6) is 11.5 Å². The molecule has 0 aliphatic rings. The van der Waals surface area contributed by atoms with Gasteiger partial charge >= 0.3 is 0 Å². The molecule has 1 unspecified atom stereocenters. The molecule has 0 aliphatic heterocycles. The lowest BCUT2D eigenvalue weighted by atomic mass is 10.2. The van der Waals surface area contributed by atoms with Crippen LogP contribution < -0.4 is 20.5 Å². The van der Waals surface area contributed by atoms with Crippen LogP contribution in [0.2, 0.25) is 0 Å². The zero-order valence-electron chi connectivity index (χ0n) is 13.1. The van der Waals surface area contributed by atoms with Gasteiger partial charge in [0.2, 0.25) is 0 Å². The highest BCUT2D eigenvalue weighted by molar-refractivity contribution is 5.80. The smallest absolute Gasteiger partial charge is 0.260 e. The molecule has 0 spiro atoms. The van der Waals surface area contributed by atoms with Gasteiger partial charge in [0, 0.05) is 18.7 Å². The maximum atomic E-state index is 11.9. The Balaban J connectivity index is 2.57. The highest BCUT2D eigenvalue weighted by atomic mass is 16.5. The molecule has 1 aromatic rings. The van der Waals surface area contributed by atoms with Crippen LogP contribution in [0, 0.1) is 0 Å². The van der Waals surface area contributed by atoms with E-state index in [0.29, 0.717) is 18.8 Å². The summed E-state index contributed by atoms with van der Waals surface area (Å²) in [6.07, 6.45) is 2.69. The Morgan fingerprint density at radius 1 is 1.38 bits per heavy atom. The van der Waals surface area contributed by atoms with Gasteiger partial charge in [-0.1, -0.05) is 19.8 Å². The molecule has 0 bridgehead atoms. The van der Waals surface area contributed by atoms with Gasteiger partial charge in [-0.15, -0.1) is 0 Å². The molecule has 5 heteroatoms. The quantitative estimate of drug-likeness (QED) is 0.685. The first-order valence-electron chi connectivity index (χ1n) is 7.43. The van der Waals surface area contributed by atoms with E-state index in [1.54, 1.807) is 26.2 Å². The summed E-state index contributed by atoms with van der Waals surface area (Å²) in [4.78, 5) is 11.9. The van der Waals surface area contributed by atoms with Crippen molar-refractivity contribution in [2.75, 3.05) is 13.7 Å². The predicted molar refractivity (Wildman–Crippen MR) is 83.5 cm³/mol. The van der Waals surface area contributed by atoms with Gasteiger partial charge in [-0.3, -0.25) is 4.79 Å². The SMILES string of the molecule is CCCCCNC(=O)C(C)Oc1ccc(OC)cc1CN. The number of rotatable bonds is 9. The first kappa shape index (κ1) is 17.3. The standard InChI is InChI=1S/C16H26N2O3/c1-4-5-6-9-18-16(19)12(2)21-15-8-7-14(20-3)10-13(15)11-17/h7-8,10,12H,4-6,9,11,17H2,1-3H3,(H,18,19). The Kier molecular flexibility index (Phi) is 7.61. The van der Waals surface area contributed by atoms with Crippen molar-refractivity contribution in [2.45, 2.75) is 45.8 Å². The van der Waals surface area contributed by atoms with Crippen molar-refractivity contribution in [3.8, 4) is 11.5 Å². The Morgan fingerprint density at radius 2 is 2.14 bits per heavy atom. The van der Waals surface area contributed by atoms with Crippen molar-refractivity contribution in [3.05, 3.63) is 23.8 Å². The van der Waals surface area contributed by atoms with Crippen LogP contribution in [0.1, 0.15) is 38.7 Å². The molecule has 0 radical (unpaired) electrons. The lowest BCUT2D eigenvalue weighted by Crippen LogP contribution is -2.37. The van der Waals surface area contributed by atoms with Gasteiger partial charge in [0.15, 0.2) is 6.10 Å². The van der Waals surface area contributed by atoms with Crippen LogP contribution in [0.3, 0.4) is 0 Å². The Hall–Kier alpha value is -1.75. The molecule has 1 atom stereocenters. The second-order valence-corrected chi connectivity index (χ2v) is 4.94. The first-order chi connectivity index (χ1) is 10.1. The number of carbonyl (C=O) groups is 1. The minimum Gasteiger partial charge on any atom is -0.497 e. The van der Waals surface area contributed by atoms with Crippen LogP contribution in [0.15, 0.2) is 18.2 Å². The zero-order valence-corrected chi connectivity index (χ0v) is 13.1. The fourth-order valence-corrected chi connectivity index (χ4v) is 1.93. The second kappa shape index (κ2) is 9.23. The molecule has 118 valence electrons. The largest absolute Gasteiger partial charge is 0.497 e. The Bertz CT molecular complexity index is 449. The van der Waals surface area contributed by atoms with Crippen molar-refractivity contribution in [2.24, 2.45) is 5.73 Å². The Morgan fingerprint density at radius 3 is 2.76 bits per heavy atom. The van der Waals surface area contributed by atoms with E-state index in [1.165, 1.54) is 0 Å². The monoisotopic (exact) mass is 294 g/mol. The van der Waals surface area contributed by atoms with Gasteiger partial charge in [0.1, 0.15) is 11.5 Å². The van der Waals surface area contributed by atoms with Gasteiger partial charge in [0.25, 0.3) is 5.91 Å². The summed E-state index contributed by atoms with van der Waals surface area (Å²) in [7, 11) is 1.60. The molecule has 0 saturated carbocycles. The van der Waals surface area contributed by atoms with E-state index < -0.39 is 6.10 Å². The van der Waals surface area contributed by atoms with Crippen LogP contribution >= 0.6 is 0 Å². The predicted octanol–water partition coefficient (Wildman–Crippen LogP) is 2.23. The van der Waals surface area contributed by atoms with Gasteiger partial charge in [0.05, 0.1) is 7.11 Å². The topological polar surface area (TPSA) is 73.6 Å². The number of carbonyl (C=O) groups excluding carboxylic acids is 1. The highest BCUT2D eigenvalue weighted by Crippen LogP contribution is 2.24. The van der Waals surface area contributed by atoms with E-state index in [1.807, 2.05) is 6.07 Å². The number of ether oxygens (including phenoxy) is 2. The van der Waals surface area contributed by atoms with E-state index in [4.69, 9.17) is 15.2 Å². The summed E-state index contributed by atoms with van der Waals surface area (Å²) in [5.74, 6) is 1.24. The van der Waals surface area contributed by atoms with E-state index in [0.717, 1.165) is 30.6 Å². The van der Waals surface area contributed by atoms with Crippen LogP contribution in [-0.4, -0.2) is 25.7 Å². The van der Waals surface area contributed by atoms with Crippen LogP contribution in [0.25, 0.3) is 0 Å².